The van der Waals surface area contributed by atoms with E-state index in [0.717, 1.165) is 15.2 Å². The summed E-state index contributed by atoms with van der Waals surface area (Å²) in [5, 5.41) is 14.8. The molecule has 4 rings (SSSR count). The van der Waals surface area contributed by atoms with E-state index in [1.54, 1.807) is 12.1 Å². The molecule has 0 spiro atoms. The Kier molecular flexibility index (Phi) is 5.68. The van der Waals surface area contributed by atoms with Gasteiger partial charge in [-0.15, -0.1) is 11.3 Å². The molecule has 30 heavy (non-hydrogen) atoms. The molecule has 2 heterocycles. The summed E-state index contributed by atoms with van der Waals surface area (Å²) in [6.45, 7) is -0.0797. The fourth-order valence-corrected chi connectivity index (χ4v) is 3.58. The summed E-state index contributed by atoms with van der Waals surface area (Å²) < 4.78 is 7.76. The summed E-state index contributed by atoms with van der Waals surface area (Å²) in [7, 11) is 0. The van der Waals surface area contributed by atoms with Crippen LogP contribution in [0.2, 0.25) is 0 Å². The van der Waals surface area contributed by atoms with Crippen LogP contribution in [0.1, 0.15) is 15.5 Å². The van der Waals surface area contributed by atoms with Crippen molar-refractivity contribution in [1.29, 1.82) is 0 Å². The highest BCUT2D eigenvalue weighted by Crippen LogP contribution is 2.22. The lowest BCUT2D eigenvalue weighted by Gasteiger charge is -2.06. The van der Waals surface area contributed by atoms with E-state index >= 15 is 0 Å². The third-order valence-electron chi connectivity index (χ3n) is 4.04. The quantitative estimate of drug-likeness (QED) is 0.409. The Bertz CT molecular complexity index is 1160. The molecular formula is C20H17N5O4S. The Morgan fingerprint density at radius 1 is 1.07 bits per heavy atom. The summed E-state index contributed by atoms with van der Waals surface area (Å²) in [6, 6.07) is 16.7. The van der Waals surface area contributed by atoms with Gasteiger partial charge >= 0.3 is 0 Å². The number of aromatic nitrogens is 3. The Morgan fingerprint density at radius 3 is 2.63 bits per heavy atom. The second-order valence-electron chi connectivity index (χ2n) is 6.21. The van der Waals surface area contributed by atoms with Crippen molar-refractivity contribution in [2.75, 3.05) is 6.61 Å². The monoisotopic (exact) mass is 423 g/mol. The van der Waals surface area contributed by atoms with Crippen LogP contribution >= 0.6 is 11.3 Å². The van der Waals surface area contributed by atoms with E-state index in [-0.39, 0.29) is 24.7 Å². The van der Waals surface area contributed by atoms with Gasteiger partial charge in [0.2, 0.25) is 0 Å². The smallest absolute Gasteiger partial charge is 0.294 e. The number of carbonyl (C=O) groups excluding carboxylic acids is 2. The van der Waals surface area contributed by atoms with Gasteiger partial charge in [-0.25, -0.2) is 9.67 Å². The molecule has 2 aromatic heterocycles. The molecule has 152 valence electrons. The maximum atomic E-state index is 12.2. The zero-order valence-corrected chi connectivity index (χ0v) is 16.4. The van der Waals surface area contributed by atoms with Crippen molar-refractivity contribution >= 4 is 33.4 Å². The number of hydrazine groups is 1. The first-order chi connectivity index (χ1) is 14.6. The van der Waals surface area contributed by atoms with E-state index < -0.39 is 11.8 Å². The standard InChI is InChI=1S/C20H17N5O4S/c26-15-10-25(13-6-2-1-3-7-13)24-19(15)20(28)23-22-17(27)11-29-12-18-21-14-8-4-5-9-16(14)30-18/h1-10,26H,11-12H2,(H,22,27)(H,23,28). The number of amides is 2. The predicted molar refractivity (Wildman–Crippen MR) is 110 cm³/mol. The molecule has 0 aliphatic carbocycles. The maximum Gasteiger partial charge on any atom is 0.294 e. The fraction of sp³-hybridized carbons (Fsp3) is 0.100. The molecule has 2 aromatic carbocycles. The Balaban J connectivity index is 1.26. The predicted octanol–water partition coefficient (Wildman–Crippen LogP) is 2.17. The van der Waals surface area contributed by atoms with Gasteiger partial charge in [0.05, 0.1) is 28.7 Å². The summed E-state index contributed by atoms with van der Waals surface area (Å²) in [6.07, 6.45) is 1.31. The number of hydrogen-bond donors (Lipinski definition) is 3. The van der Waals surface area contributed by atoms with Gasteiger partial charge in [-0.3, -0.25) is 20.4 Å². The minimum absolute atomic E-state index is 0.184. The fourth-order valence-electron chi connectivity index (χ4n) is 2.67. The van der Waals surface area contributed by atoms with Gasteiger partial charge in [-0.2, -0.15) is 5.10 Å². The Labute approximate surface area is 174 Å². The number of fused-ring (bicyclic) bond motifs is 1. The zero-order chi connectivity index (χ0) is 20.9. The van der Waals surface area contributed by atoms with Crippen molar-refractivity contribution in [3.8, 4) is 11.4 Å². The largest absolute Gasteiger partial charge is 0.504 e. The highest BCUT2D eigenvalue weighted by molar-refractivity contribution is 7.18. The molecule has 0 saturated heterocycles. The molecule has 0 radical (unpaired) electrons. The number of aromatic hydroxyl groups is 1. The molecule has 0 bridgehead atoms. The lowest BCUT2D eigenvalue weighted by Crippen LogP contribution is -2.43. The van der Waals surface area contributed by atoms with E-state index in [0.29, 0.717) is 5.69 Å². The Morgan fingerprint density at radius 2 is 1.83 bits per heavy atom. The third kappa shape index (κ3) is 4.45. The third-order valence-corrected chi connectivity index (χ3v) is 5.05. The highest BCUT2D eigenvalue weighted by atomic mass is 32.1. The lowest BCUT2D eigenvalue weighted by atomic mass is 10.3. The second kappa shape index (κ2) is 8.72. The van der Waals surface area contributed by atoms with Gasteiger partial charge < -0.3 is 9.84 Å². The first kappa shape index (κ1) is 19.6. The van der Waals surface area contributed by atoms with E-state index in [4.69, 9.17) is 4.74 Å². The number of benzene rings is 2. The maximum absolute atomic E-state index is 12.2. The van der Waals surface area contributed by atoms with Crippen LogP contribution in [-0.4, -0.2) is 38.3 Å². The average molecular weight is 423 g/mol. The minimum Gasteiger partial charge on any atom is -0.504 e. The number of nitrogens with one attached hydrogen (secondary N) is 2. The van der Waals surface area contributed by atoms with Crippen LogP contribution < -0.4 is 10.9 Å². The molecule has 0 saturated carbocycles. The molecule has 2 amide bonds. The number of rotatable bonds is 6. The molecule has 0 aliphatic rings. The van der Waals surface area contributed by atoms with Crippen LogP contribution in [0.15, 0.2) is 60.8 Å². The van der Waals surface area contributed by atoms with Gasteiger partial charge in [0.25, 0.3) is 11.8 Å². The molecule has 0 aliphatic heterocycles. The van der Waals surface area contributed by atoms with Crippen molar-refractivity contribution in [3.05, 3.63) is 71.5 Å². The van der Waals surface area contributed by atoms with Crippen LogP contribution in [0.3, 0.4) is 0 Å². The highest BCUT2D eigenvalue weighted by Gasteiger charge is 2.17. The number of thiazole rings is 1. The van der Waals surface area contributed by atoms with Crippen molar-refractivity contribution < 1.29 is 19.4 Å². The first-order valence-corrected chi connectivity index (χ1v) is 9.77. The molecule has 0 fully saturated rings. The van der Waals surface area contributed by atoms with Crippen LogP contribution in [0.4, 0.5) is 0 Å². The van der Waals surface area contributed by atoms with Crippen molar-refractivity contribution in [1.82, 2.24) is 25.6 Å². The van der Waals surface area contributed by atoms with Gasteiger partial charge in [-0.1, -0.05) is 30.3 Å². The Hall–Kier alpha value is -3.76. The van der Waals surface area contributed by atoms with Crippen LogP contribution in [0.5, 0.6) is 5.75 Å². The summed E-state index contributed by atoms with van der Waals surface area (Å²) in [5.41, 5.74) is 5.78. The van der Waals surface area contributed by atoms with E-state index in [1.807, 2.05) is 42.5 Å². The number of ether oxygens (including phenoxy) is 1. The molecule has 3 N–H and O–H groups in total. The molecule has 0 atom stereocenters. The zero-order valence-electron chi connectivity index (χ0n) is 15.6. The average Bonchev–Trinajstić information content (AvgIpc) is 3.35. The van der Waals surface area contributed by atoms with E-state index in [2.05, 4.69) is 20.9 Å². The van der Waals surface area contributed by atoms with Gasteiger partial charge in [0.1, 0.15) is 11.6 Å². The SMILES string of the molecule is O=C(COCc1nc2ccccc2s1)NNC(=O)c1nn(-c2ccccc2)cc1O. The molecule has 10 heteroatoms. The number of hydrogen-bond acceptors (Lipinski definition) is 7. The lowest BCUT2D eigenvalue weighted by molar-refractivity contribution is -0.126. The number of nitrogens with zero attached hydrogens (tertiary/aromatic N) is 3. The molecule has 0 unspecified atom stereocenters. The molecule has 4 aromatic rings. The van der Waals surface area contributed by atoms with Gasteiger partial charge in [-0.05, 0) is 24.3 Å². The molecular weight excluding hydrogens is 406 g/mol. The van der Waals surface area contributed by atoms with E-state index in [9.17, 15) is 14.7 Å². The van der Waals surface area contributed by atoms with Crippen molar-refractivity contribution in [2.24, 2.45) is 0 Å². The summed E-state index contributed by atoms with van der Waals surface area (Å²) in [5.74, 6) is -1.61. The minimum atomic E-state index is -0.748. The van der Waals surface area contributed by atoms with Crippen LogP contribution in [-0.2, 0) is 16.1 Å². The first-order valence-electron chi connectivity index (χ1n) is 8.95. The second-order valence-corrected chi connectivity index (χ2v) is 7.33. The van der Waals surface area contributed by atoms with Crippen molar-refractivity contribution in [3.63, 3.8) is 0 Å². The summed E-state index contributed by atoms with van der Waals surface area (Å²) >= 11 is 1.49. The van der Waals surface area contributed by atoms with Crippen LogP contribution in [0, 0.1) is 0 Å². The number of para-hydroxylation sites is 2. The number of carbonyl (C=O) groups is 2. The van der Waals surface area contributed by atoms with Crippen LogP contribution in [0.25, 0.3) is 15.9 Å². The topological polar surface area (TPSA) is 118 Å². The normalized spacial score (nSPS) is 10.8. The van der Waals surface area contributed by atoms with Gasteiger partial charge in [0.15, 0.2) is 11.4 Å². The summed E-state index contributed by atoms with van der Waals surface area (Å²) in [4.78, 5) is 28.5. The molecule has 9 nitrogen and oxygen atoms in total. The van der Waals surface area contributed by atoms with Crippen molar-refractivity contribution in [2.45, 2.75) is 6.61 Å². The van der Waals surface area contributed by atoms with E-state index in [1.165, 1.54) is 22.2 Å². The van der Waals surface area contributed by atoms with Gasteiger partial charge in [0, 0.05) is 0 Å².